The van der Waals surface area contributed by atoms with Gasteiger partial charge in [0.2, 0.25) is 0 Å². The fraction of sp³-hybridized carbons (Fsp3) is 0.778. The van der Waals surface area contributed by atoms with Crippen LogP contribution in [0.3, 0.4) is 0 Å². The predicted octanol–water partition coefficient (Wildman–Crippen LogP) is 5.31. The monoisotopic (exact) mass is 260 g/mol. The van der Waals surface area contributed by atoms with Crippen molar-refractivity contribution in [2.24, 2.45) is 5.41 Å². The molecule has 1 aromatic heterocycles. The van der Waals surface area contributed by atoms with Gasteiger partial charge in [0.1, 0.15) is 11.5 Å². The molecule has 3 rings (SSSR count). The molecule has 1 atom stereocenters. The van der Waals surface area contributed by atoms with Gasteiger partial charge in [-0.05, 0) is 29.6 Å². The molecule has 0 aliphatic heterocycles. The Labute approximate surface area is 117 Å². The molecule has 0 radical (unpaired) electrons. The van der Waals surface area contributed by atoms with Gasteiger partial charge in [-0.1, -0.05) is 48.5 Å². The number of rotatable bonds is 0. The van der Waals surface area contributed by atoms with Gasteiger partial charge in [-0.2, -0.15) is 0 Å². The van der Waals surface area contributed by atoms with E-state index in [1.54, 1.807) is 11.1 Å². The fourth-order valence-corrected chi connectivity index (χ4v) is 4.42. The Hall–Kier alpha value is -0.720. The van der Waals surface area contributed by atoms with Gasteiger partial charge in [0.25, 0.3) is 0 Å². The second-order valence-corrected chi connectivity index (χ2v) is 9.22. The van der Waals surface area contributed by atoms with Crippen LogP contribution in [-0.4, -0.2) is 0 Å². The highest BCUT2D eigenvalue weighted by Crippen LogP contribution is 2.58. The summed E-state index contributed by atoms with van der Waals surface area (Å²) in [4.78, 5) is 0. The predicted molar refractivity (Wildman–Crippen MR) is 79.9 cm³/mol. The number of furan rings is 1. The van der Waals surface area contributed by atoms with Gasteiger partial charge < -0.3 is 4.42 Å². The Bertz CT molecular complexity index is 523. The highest BCUT2D eigenvalue weighted by Gasteiger charge is 2.49. The zero-order valence-electron chi connectivity index (χ0n) is 13.6. The van der Waals surface area contributed by atoms with E-state index in [1.807, 2.05) is 0 Å². The van der Waals surface area contributed by atoms with Gasteiger partial charge in [-0.25, -0.2) is 0 Å². The topological polar surface area (TPSA) is 13.1 Å². The van der Waals surface area contributed by atoms with Gasteiger partial charge in [-0.15, -0.1) is 0 Å². The smallest absolute Gasteiger partial charge is 0.113 e. The van der Waals surface area contributed by atoms with Crippen molar-refractivity contribution < 1.29 is 4.42 Å². The Morgan fingerprint density at radius 2 is 1.68 bits per heavy atom. The Morgan fingerprint density at radius 3 is 2.26 bits per heavy atom. The van der Waals surface area contributed by atoms with E-state index in [2.05, 4.69) is 48.5 Å². The highest BCUT2D eigenvalue weighted by atomic mass is 16.3. The first-order valence-corrected chi connectivity index (χ1v) is 7.68. The molecule has 0 spiro atoms. The minimum atomic E-state index is 0.114. The van der Waals surface area contributed by atoms with Crippen LogP contribution < -0.4 is 0 Å². The summed E-state index contributed by atoms with van der Waals surface area (Å²) in [6.45, 7) is 16.4. The molecule has 0 bridgehead atoms. The molecule has 0 amide bonds. The number of hydrogen-bond acceptors (Lipinski definition) is 1. The lowest BCUT2D eigenvalue weighted by Gasteiger charge is -2.33. The molecule has 1 nitrogen and oxygen atoms in total. The van der Waals surface area contributed by atoms with E-state index in [0.717, 1.165) is 12.3 Å². The first-order valence-electron chi connectivity index (χ1n) is 7.68. The molecule has 0 aromatic carbocycles. The van der Waals surface area contributed by atoms with E-state index in [9.17, 15) is 0 Å². The maximum Gasteiger partial charge on any atom is 0.113 e. The quantitative estimate of drug-likeness (QED) is 0.615. The second-order valence-electron chi connectivity index (χ2n) is 9.22. The van der Waals surface area contributed by atoms with E-state index in [1.165, 1.54) is 24.4 Å². The minimum absolute atomic E-state index is 0.114. The van der Waals surface area contributed by atoms with Crippen LogP contribution >= 0.6 is 0 Å². The fourth-order valence-electron chi connectivity index (χ4n) is 4.42. The summed E-state index contributed by atoms with van der Waals surface area (Å²) in [6.07, 6.45) is 3.73. The maximum atomic E-state index is 6.39. The van der Waals surface area contributed by atoms with Crippen molar-refractivity contribution in [1.29, 1.82) is 0 Å². The third-order valence-electron chi connectivity index (χ3n) is 4.98. The average molecular weight is 260 g/mol. The summed E-state index contributed by atoms with van der Waals surface area (Å²) < 4.78 is 6.39. The van der Waals surface area contributed by atoms with E-state index in [-0.39, 0.29) is 10.8 Å². The van der Waals surface area contributed by atoms with Crippen molar-refractivity contribution in [3.8, 4) is 0 Å². The van der Waals surface area contributed by atoms with Crippen molar-refractivity contribution in [2.45, 2.75) is 84.5 Å². The third-order valence-corrected chi connectivity index (χ3v) is 4.98. The average Bonchev–Trinajstić information content (AvgIpc) is 2.64. The molecule has 0 saturated carbocycles. The summed E-state index contributed by atoms with van der Waals surface area (Å²) in [5, 5.41) is 0. The van der Waals surface area contributed by atoms with E-state index >= 15 is 0 Å². The molecule has 1 unspecified atom stereocenters. The lowest BCUT2D eigenvalue weighted by Crippen LogP contribution is -2.24. The van der Waals surface area contributed by atoms with Crippen LogP contribution in [0.15, 0.2) is 4.42 Å². The van der Waals surface area contributed by atoms with E-state index < -0.39 is 0 Å². The van der Waals surface area contributed by atoms with Gasteiger partial charge in [0.15, 0.2) is 0 Å². The van der Waals surface area contributed by atoms with Crippen LogP contribution in [0.5, 0.6) is 0 Å². The standard InChI is InChI=1S/C18H28O/c1-16(2,3)15-14-13-11(9-18(14,6)7)8-17(4,5)10-12(13)19-15/h11H,8-10H2,1-7H3. The highest BCUT2D eigenvalue weighted by molar-refractivity contribution is 5.50. The van der Waals surface area contributed by atoms with Gasteiger partial charge >= 0.3 is 0 Å². The molecule has 1 heterocycles. The summed E-state index contributed by atoms with van der Waals surface area (Å²) in [6, 6.07) is 0. The van der Waals surface area contributed by atoms with Crippen LogP contribution in [0.25, 0.3) is 0 Å². The van der Waals surface area contributed by atoms with Gasteiger partial charge in [0, 0.05) is 23.0 Å². The third kappa shape index (κ3) is 1.88. The first-order chi connectivity index (χ1) is 8.51. The normalized spacial score (nSPS) is 27.4. The lowest BCUT2D eigenvalue weighted by molar-refractivity contribution is 0.231. The van der Waals surface area contributed by atoms with Gasteiger partial charge in [-0.3, -0.25) is 0 Å². The van der Waals surface area contributed by atoms with Crippen LogP contribution in [-0.2, 0) is 17.3 Å². The van der Waals surface area contributed by atoms with Crippen molar-refractivity contribution in [1.82, 2.24) is 0 Å². The molecule has 0 fully saturated rings. The van der Waals surface area contributed by atoms with Crippen molar-refractivity contribution in [2.75, 3.05) is 0 Å². The molecule has 106 valence electrons. The van der Waals surface area contributed by atoms with Crippen LogP contribution in [0, 0.1) is 5.41 Å². The zero-order valence-corrected chi connectivity index (χ0v) is 13.6. The molecule has 1 aromatic rings. The first kappa shape index (κ1) is 13.3. The molecular weight excluding hydrogens is 232 g/mol. The van der Waals surface area contributed by atoms with Gasteiger partial charge in [0.05, 0.1) is 0 Å². The van der Waals surface area contributed by atoms with Crippen LogP contribution in [0.1, 0.15) is 89.9 Å². The van der Waals surface area contributed by atoms with Crippen LogP contribution in [0.4, 0.5) is 0 Å². The SMILES string of the molecule is CC1(C)Cc2oc(C(C)(C)C)c3c2C(C1)CC3(C)C. The van der Waals surface area contributed by atoms with E-state index in [4.69, 9.17) is 4.42 Å². The Morgan fingerprint density at radius 1 is 1.05 bits per heavy atom. The Balaban J connectivity index is 2.23. The van der Waals surface area contributed by atoms with Crippen molar-refractivity contribution in [3.63, 3.8) is 0 Å². The molecule has 2 aliphatic rings. The zero-order chi connectivity index (χ0) is 14.2. The molecular formula is C18H28O. The summed E-state index contributed by atoms with van der Waals surface area (Å²) in [5.74, 6) is 3.28. The minimum Gasteiger partial charge on any atom is -0.465 e. The largest absolute Gasteiger partial charge is 0.465 e. The lowest BCUT2D eigenvalue weighted by atomic mass is 9.72. The van der Waals surface area contributed by atoms with Crippen molar-refractivity contribution in [3.05, 3.63) is 22.6 Å². The summed E-state index contributed by atoms with van der Waals surface area (Å²) >= 11 is 0. The maximum absolute atomic E-state index is 6.39. The molecule has 0 saturated heterocycles. The van der Waals surface area contributed by atoms with Crippen LogP contribution in [0.2, 0.25) is 0 Å². The molecule has 1 heteroatoms. The van der Waals surface area contributed by atoms with E-state index in [0.29, 0.717) is 5.41 Å². The molecule has 2 aliphatic carbocycles. The second kappa shape index (κ2) is 3.48. The number of hydrogen-bond donors (Lipinski definition) is 0. The molecule has 19 heavy (non-hydrogen) atoms. The molecule has 0 N–H and O–H groups in total. The summed E-state index contributed by atoms with van der Waals surface area (Å²) in [7, 11) is 0. The Kier molecular flexibility index (Phi) is 2.43. The summed E-state index contributed by atoms with van der Waals surface area (Å²) in [5.41, 5.74) is 3.93. The van der Waals surface area contributed by atoms with Crippen molar-refractivity contribution >= 4 is 0 Å².